The highest BCUT2D eigenvalue weighted by Gasteiger charge is 2.21. The van der Waals surface area contributed by atoms with Crippen molar-refractivity contribution in [3.63, 3.8) is 0 Å². The van der Waals surface area contributed by atoms with Crippen LogP contribution >= 0.6 is 11.8 Å². The van der Waals surface area contributed by atoms with E-state index < -0.39 is 0 Å². The van der Waals surface area contributed by atoms with Crippen LogP contribution in [0, 0.1) is 6.92 Å². The van der Waals surface area contributed by atoms with Crippen LogP contribution in [0.1, 0.15) is 22.7 Å². The van der Waals surface area contributed by atoms with Gasteiger partial charge in [0.2, 0.25) is 0 Å². The fourth-order valence-corrected chi connectivity index (χ4v) is 3.15. The van der Waals surface area contributed by atoms with E-state index in [9.17, 15) is 0 Å². The normalized spacial score (nSPS) is 20.1. The summed E-state index contributed by atoms with van der Waals surface area (Å²) in [6.07, 6.45) is 3.72. The first-order chi connectivity index (χ1) is 9.83. The summed E-state index contributed by atoms with van der Waals surface area (Å²) in [5.41, 5.74) is 3.75. The van der Waals surface area contributed by atoms with Crippen molar-refractivity contribution in [2.24, 2.45) is 4.99 Å². The summed E-state index contributed by atoms with van der Waals surface area (Å²) in [6.45, 7) is 2.79. The number of hydrogen-bond donors (Lipinski definition) is 1. The predicted molar refractivity (Wildman–Crippen MR) is 84.9 cm³/mol. The number of nitrogens with one attached hydrogen (secondary N) is 1. The number of thioether (sulfide) groups is 1. The van der Waals surface area contributed by atoms with E-state index in [1.54, 1.807) is 11.8 Å². The van der Waals surface area contributed by atoms with E-state index in [2.05, 4.69) is 46.5 Å². The second kappa shape index (κ2) is 6.09. The third-order valence-corrected chi connectivity index (χ3v) is 4.45. The minimum atomic E-state index is 0.370. The minimum Gasteiger partial charge on any atom is -0.357 e. The molecule has 1 saturated heterocycles. The number of benzene rings is 1. The second-order valence-corrected chi connectivity index (χ2v) is 5.85. The van der Waals surface area contributed by atoms with Crippen LogP contribution in [-0.2, 0) is 6.54 Å². The Balaban J connectivity index is 1.66. The highest BCUT2D eigenvalue weighted by molar-refractivity contribution is 8.14. The monoisotopic (exact) mass is 283 g/mol. The van der Waals surface area contributed by atoms with Crippen LogP contribution in [0.3, 0.4) is 0 Å². The summed E-state index contributed by atoms with van der Waals surface area (Å²) in [4.78, 5) is 8.82. The van der Waals surface area contributed by atoms with Crippen molar-refractivity contribution < 1.29 is 0 Å². The highest BCUT2D eigenvalue weighted by atomic mass is 32.2. The number of amidine groups is 1. The molecule has 2 heterocycles. The van der Waals surface area contributed by atoms with Crippen molar-refractivity contribution in [1.29, 1.82) is 0 Å². The zero-order valence-corrected chi connectivity index (χ0v) is 12.2. The van der Waals surface area contributed by atoms with E-state index in [1.165, 1.54) is 16.7 Å². The van der Waals surface area contributed by atoms with Gasteiger partial charge in [0, 0.05) is 18.1 Å². The average molecular weight is 283 g/mol. The number of rotatable bonds is 3. The molecule has 1 atom stereocenters. The van der Waals surface area contributed by atoms with Gasteiger partial charge >= 0.3 is 0 Å². The number of aromatic nitrogens is 1. The SMILES string of the molecule is Cc1ccncc1CN=C1NC(c2ccccc2)CS1. The van der Waals surface area contributed by atoms with Crippen molar-refractivity contribution in [1.82, 2.24) is 10.3 Å². The maximum atomic E-state index is 4.66. The van der Waals surface area contributed by atoms with E-state index in [1.807, 2.05) is 24.5 Å². The lowest BCUT2D eigenvalue weighted by molar-refractivity contribution is 0.748. The van der Waals surface area contributed by atoms with Crippen LogP contribution in [-0.4, -0.2) is 15.9 Å². The van der Waals surface area contributed by atoms with E-state index in [4.69, 9.17) is 0 Å². The van der Waals surface area contributed by atoms with Gasteiger partial charge in [-0.05, 0) is 29.7 Å². The Morgan fingerprint density at radius 2 is 2.15 bits per heavy atom. The molecule has 0 amide bonds. The summed E-state index contributed by atoms with van der Waals surface area (Å²) in [5.74, 6) is 1.04. The lowest BCUT2D eigenvalue weighted by Gasteiger charge is -2.09. The molecule has 0 saturated carbocycles. The zero-order valence-electron chi connectivity index (χ0n) is 11.4. The molecule has 3 nitrogen and oxygen atoms in total. The van der Waals surface area contributed by atoms with Crippen molar-refractivity contribution >= 4 is 16.9 Å². The smallest absolute Gasteiger partial charge is 0.157 e. The van der Waals surface area contributed by atoms with Gasteiger partial charge in [0.1, 0.15) is 0 Å². The Morgan fingerprint density at radius 1 is 1.30 bits per heavy atom. The number of aliphatic imine (C=N–C) groups is 1. The number of aryl methyl sites for hydroxylation is 1. The molecule has 102 valence electrons. The number of nitrogens with zero attached hydrogens (tertiary/aromatic N) is 2. The average Bonchev–Trinajstić information content (AvgIpc) is 2.96. The number of pyridine rings is 1. The molecule has 4 heteroatoms. The maximum Gasteiger partial charge on any atom is 0.157 e. The van der Waals surface area contributed by atoms with E-state index >= 15 is 0 Å². The molecular formula is C16H17N3S. The van der Waals surface area contributed by atoms with Crippen LogP contribution < -0.4 is 5.32 Å². The molecule has 1 aliphatic rings. The standard InChI is InChI=1S/C16H17N3S/c1-12-7-8-17-9-14(12)10-18-16-19-15(11-20-16)13-5-3-2-4-6-13/h2-9,15H,10-11H2,1H3,(H,18,19). The van der Waals surface area contributed by atoms with Crippen LogP contribution in [0.25, 0.3) is 0 Å². The molecule has 1 aromatic heterocycles. The lowest BCUT2D eigenvalue weighted by atomic mass is 10.1. The van der Waals surface area contributed by atoms with Crippen LogP contribution in [0.2, 0.25) is 0 Å². The van der Waals surface area contributed by atoms with Gasteiger partial charge in [-0.1, -0.05) is 42.1 Å². The third-order valence-electron chi connectivity index (χ3n) is 3.43. The van der Waals surface area contributed by atoms with Gasteiger partial charge < -0.3 is 5.32 Å². The Kier molecular flexibility index (Phi) is 4.02. The molecule has 1 fully saturated rings. The summed E-state index contributed by atoms with van der Waals surface area (Å²) in [6, 6.07) is 12.9. The van der Waals surface area contributed by atoms with Gasteiger partial charge in [0.15, 0.2) is 5.17 Å². The molecule has 2 aromatic rings. The summed E-state index contributed by atoms with van der Waals surface area (Å²) in [5, 5.41) is 4.52. The third kappa shape index (κ3) is 3.02. The zero-order chi connectivity index (χ0) is 13.8. The molecule has 20 heavy (non-hydrogen) atoms. The molecule has 1 unspecified atom stereocenters. The van der Waals surface area contributed by atoms with Crippen molar-refractivity contribution in [2.45, 2.75) is 19.5 Å². The molecule has 1 N–H and O–H groups in total. The molecule has 0 spiro atoms. The number of hydrogen-bond acceptors (Lipinski definition) is 3. The molecule has 0 radical (unpaired) electrons. The Morgan fingerprint density at radius 3 is 2.95 bits per heavy atom. The van der Waals surface area contributed by atoms with Crippen LogP contribution in [0.4, 0.5) is 0 Å². The van der Waals surface area contributed by atoms with Gasteiger partial charge in [-0.15, -0.1) is 0 Å². The van der Waals surface area contributed by atoms with Gasteiger partial charge in [0.25, 0.3) is 0 Å². The minimum absolute atomic E-state index is 0.370. The quantitative estimate of drug-likeness (QED) is 0.939. The largest absolute Gasteiger partial charge is 0.357 e. The van der Waals surface area contributed by atoms with Crippen molar-refractivity contribution in [3.05, 3.63) is 65.5 Å². The first-order valence-corrected chi connectivity index (χ1v) is 7.70. The summed E-state index contributed by atoms with van der Waals surface area (Å²) >= 11 is 1.79. The Hall–Kier alpha value is -1.81. The fourth-order valence-electron chi connectivity index (χ4n) is 2.17. The van der Waals surface area contributed by atoms with E-state index in [-0.39, 0.29) is 0 Å². The van der Waals surface area contributed by atoms with Crippen LogP contribution in [0.15, 0.2) is 53.8 Å². The predicted octanol–water partition coefficient (Wildman–Crippen LogP) is 3.32. The van der Waals surface area contributed by atoms with Gasteiger partial charge in [-0.2, -0.15) is 0 Å². The van der Waals surface area contributed by atoms with Crippen molar-refractivity contribution in [3.8, 4) is 0 Å². The maximum absolute atomic E-state index is 4.66. The molecule has 1 aromatic carbocycles. The highest BCUT2D eigenvalue weighted by Crippen LogP contribution is 2.26. The molecule has 0 aliphatic carbocycles. The molecule has 3 rings (SSSR count). The summed E-state index contributed by atoms with van der Waals surface area (Å²) in [7, 11) is 0. The van der Waals surface area contributed by atoms with Crippen LogP contribution in [0.5, 0.6) is 0 Å². The Bertz CT molecular complexity index is 610. The first kappa shape index (κ1) is 13.2. The van der Waals surface area contributed by atoms with Gasteiger partial charge in [-0.3, -0.25) is 9.98 Å². The van der Waals surface area contributed by atoms with E-state index in [0.717, 1.165) is 10.9 Å². The first-order valence-electron chi connectivity index (χ1n) is 6.71. The molecule has 0 bridgehead atoms. The second-order valence-electron chi connectivity index (χ2n) is 4.84. The lowest BCUT2D eigenvalue weighted by Crippen LogP contribution is -2.19. The van der Waals surface area contributed by atoms with Gasteiger partial charge in [-0.25, -0.2) is 0 Å². The topological polar surface area (TPSA) is 37.3 Å². The van der Waals surface area contributed by atoms with E-state index in [0.29, 0.717) is 12.6 Å². The fraction of sp³-hybridized carbons (Fsp3) is 0.250. The Labute approximate surface area is 123 Å². The van der Waals surface area contributed by atoms with Crippen molar-refractivity contribution in [2.75, 3.05) is 5.75 Å². The van der Waals surface area contributed by atoms with Gasteiger partial charge in [0.05, 0.1) is 12.6 Å². The summed E-state index contributed by atoms with van der Waals surface area (Å²) < 4.78 is 0. The molecular weight excluding hydrogens is 266 g/mol. The molecule has 1 aliphatic heterocycles.